The quantitative estimate of drug-likeness (QED) is 0.760. The van der Waals surface area contributed by atoms with E-state index in [0.717, 1.165) is 0 Å². The first-order valence-corrected chi connectivity index (χ1v) is 5.81. The topological polar surface area (TPSA) is 91.0 Å². The van der Waals surface area contributed by atoms with Crippen LogP contribution in [0.2, 0.25) is 0 Å². The Hall–Kier alpha value is -1.95. The monoisotopic (exact) mass is 269 g/mol. The van der Waals surface area contributed by atoms with Gasteiger partial charge in [0.2, 0.25) is 11.7 Å². The average molecular weight is 269 g/mol. The molecule has 0 heterocycles. The summed E-state index contributed by atoms with van der Waals surface area (Å²) in [6.45, 7) is 1.66. The van der Waals surface area contributed by atoms with E-state index in [2.05, 4.69) is 0 Å². The molecule has 1 aromatic rings. The van der Waals surface area contributed by atoms with Gasteiger partial charge in [-0.15, -0.1) is 0 Å². The van der Waals surface area contributed by atoms with E-state index in [9.17, 15) is 4.79 Å². The normalized spacial score (nSPS) is 11.8. The number of ether oxygens (including phenoxy) is 3. The Balaban J connectivity index is 3.00. The van der Waals surface area contributed by atoms with E-state index in [4.69, 9.17) is 25.1 Å². The highest BCUT2D eigenvalue weighted by Crippen LogP contribution is 2.38. The summed E-state index contributed by atoms with van der Waals surface area (Å²) in [5, 5.41) is 9.15. The summed E-state index contributed by atoms with van der Waals surface area (Å²) in [4.78, 5) is 11.0. The van der Waals surface area contributed by atoms with Crippen molar-refractivity contribution >= 4 is 5.91 Å². The van der Waals surface area contributed by atoms with Gasteiger partial charge in [-0.3, -0.25) is 4.79 Å². The second-order valence-corrected chi connectivity index (χ2v) is 4.10. The molecule has 1 atom stereocenters. The minimum absolute atomic E-state index is 0.126. The molecule has 0 radical (unpaired) electrons. The third-order valence-corrected chi connectivity index (χ3v) is 2.67. The van der Waals surface area contributed by atoms with Crippen LogP contribution in [0.4, 0.5) is 0 Å². The first-order chi connectivity index (χ1) is 9.03. The Morgan fingerprint density at radius 2 is 1.84 bits per heavy atom. The second-order valence-electron chi connectivity index (χ2n) is 4.10. The van der Waals surface area contributed by atoms with Crippen molar-refractivity contribution in [2.45, 2.75) is 13.5 Å². The number of aliphatic hydroxyl groups is 1. The molecule has 106 valence electrons. The molecule has 0 bridgehead atoms. The van der Waals surface area contributed by atoms with Gasteiger partial charge in [-0.2, -0.15) is 0 Å². The van der Waals surface area contributed by atoms with Crippen molar-refractivity contribution in [2.24, 2.45) is 11.7 Å². The molecule has 3 N–H and O–H groups in total. The summed E-state index contributed by atoms with van der Waals surface area (Å²) in [5.41, 5.74) is 5.81. The molecule has 19 heavy (non-hydrogen) atoms. The van der Waals surface area contributed by atoms with E-state index < -0.39 is 11.8 Å². The maximum absolute atomic E-state index is 11.0. The molecule has 0 aromatic heterocycles. The van der Waals surface area contributed by atoms with Gasteiger partial charge in [0.1, 0.15) is 0 Å². The Morgan fingerprint density at radius 1 is 1.32 bits per heavy atom. The number of rotatable bonds is 7. The second kappa shape index (κ2) is 6.84. The molecule has 1 aromatic carbocycles. The van der Waals surface area contributed by atoms with Crippen LogP contribution in [0.25, 0.3) is 0 Å². The van der Waals surface area contributed by atoms with Crippen LogP contribution in [0, 0.1) is 5.92 Å². The molecule has 0 aliphatic carbocycles. The molecule has 0 spiro atoms. The third-order valence-electron chi connectivity index (χ3n) is 2.67. The first-order valence-electron chi connectivity index (χ1n) is 5.81. The number of aliphatic hydroxyl groups excluding tert-OH is 1. The van der Waals surface area contributed by atoms with Crippen molar-refractivity contribution in [3.63, 3.8) is 0 Å². The zero-order valence-electron chi connectivity index (χ0n) is 11.3. The molecule has 0 aliphatic heterocycles. The Morgan fingerprint density at radius 3 is 2.21 bits per heavy atom. The number of hydrogen-bond acceptors (Lipinski definition) is 5. The van der Waals surface area contributed by atoms with E-state index in [1.807, 2.05) is 0 Å². The van der Waals surface area contributed by atoms with Crippen LogP contribution < -0.4 is 19.9 Å². The van der Waals surface area contributed by atoms with E-state index in [0.29, 0.717) is 22.8 Å². The lowest BCUT2D eigenvalue weighted by Crippen LogP contribution is -2.26. The zero-order valence-corrected chi connectivity index (χ0v) is 11.3. The van der Waals surface area contributed by atoms with Gasteiger partial charge in [0.25, 0.3) is 0 Å². The Kier molecular flexibility index (Phi) is 5.44. The largest absolute Gasteiger partial charge is 0.493 e. The highest BCUT2D eigenvalue weighted by Gasteiger charge is 2.17. The zero-order chi connectivity index (χ0) is 14.4. The standard InChI is InChI=1S/C13H19NO5/c1-8(13(14)16)7-19-12-10(17-2)4-9(6-15)5-11(12)18-3/h4-5,8,15H,6-7H2,1-3H3,(H2,14,16). The number of methoxy groups -OCH3 is 2. The Labute approximate surface area is 112 Å². The van der Waals surface area contributed by atoms with Gasteiger partial charge in [-0.05, 0) is 17.7 Å². The van der Waals surface area contributed by atoms with E-state index in [-0.39, 0.29) is 13.2 Å². The summed E-state index contributed by atoms with van der Waals surface area (Å²) in [5.74, 6) is 0.382. The lowest BCUT2D eigenvalue weighted by atomic mass is 10.1. The summed E-state index contributed by atoms with van der Waals surface area (Å²) >= 11 is 0. The number of benzene rings is 1. The average Bonchev–Trinajstić information content (AvgIpc) is 2.43. The van der Waals surface area contributed by atoms with Crippen LogP contribution >= 0.6 is 0 Å². The van der Waals surface area contributed by atoms with Gasteiger partial charge >= 0.3 is 0 Å². The fourth-order valence-electron chi connectivity index (χ4n) is 1.46. The van der Waals surface area contributed by atoms with Crippen molar-refractivity contribution < 1.29 is 24.1 Å². The fraction of sp³-hybridized carbons (Fsp3) is 0.462. The maximum Gasteiger partial charge on any atom is 0.223 e. The van der Waals surface area contributed by atoms with Crippen molar-refractivity contribution in [1.82, 2.24) is 0 Å². The minimum atomic E-state index is -0.440. The van der Waals surface area contributed by atoms with Gasteiger partial charge in [0.05, 0.1) is 33.4 Å². The molecule has 1 amide bonds. The molecule has 1 unspecified atom stereocenters. The van der Waals surface area contributed by atoms with Crippen LogP contribution in [-0.2, 0) is 11.4 Å². The highest BCUT2D eigenvalue weighted by molar-refractivity contribution is 5.76. The van der Waals surface area contributed by atoms with E-state index in [1.54, 1.807) is 19.1 Å². The minimum Gasteiger partial charge on any atom is -0.493 e. The van der Waals surface area contributed by atoms with Gasteiger partial charge < -0.3 is 25.1 Å². The van der Waals surface area contributed by atoms with Gasteiger partial charge in [-0.25, -0.2) is 0 Å². The van der Waals surface area contributed by atoms with Crippen molar-refractivity contribution in [2.75, 3.05) is 20.8 Å². The Bertz CT molecular complexity index is 422. The predicted octanol–water partition coefficient (Wildman–Crippen LogP) is 0.696. The number of primary amides is 1. The third kappa shape index (κ3) is 3.75. The number of amides is 1. The molecule has 0 saturated heterocycles. The molecular formula is C13H19NO5. The lowest BCUT2D eigenvalue weighted by Gasteiger charge is -2.17. The fourth-order valence-corrected chi connectivity index (χ4v) is 1.46. The predicted molar refractivity (Wildman–Crippen MR) is 69.3 cm³/mol. The molecule has 1 rings (SSSR count). The molecule has 6 heteroatoms. The number of carbonyl (C=O) groups is 1. The van der Waals surface area contributed by atoms with E-state index in [1.165, 1.54) is 14.2 Å². The van der Waals surface area contributed by atoms with Gasteiger partial charge in [-0.1, -0.05) is 6.92 Å². The SMILES string of the molecule is COc1cc(CO)cc(OC)c1OCC(C)C(N)=O. The van der Waals surface area contributed by atoms with Crippen LogP contribution in [0.5, 0.6) is 17.2 Å². The summed E-state index contributed by atoms with van der Waals surface area (Å²) in [6.07, 6.45) is 0. The number of nitrogens with two attached hydrogens (primary N) is 1. The van der Waals surface area contributed by atoms with E-state index >= 15 is 0 Å². The summed E-state index contributed by atoms with van der Waals surface area (Å²) in [6, 6.07) is 3.29. The summed E-state index contributed by atoms with van der Waals surface area (Å²) in [7, 11) is 2.97. The maximum atomic E-state index is 11.0. The molecule has 0 aliphatic rings. The lowest BCUT2D eigenvalue weighted by molar-refractivity contribution is -0.122. The first kappa shape index (κ1) is 15.1. The van der Waals surface area contributed by atoms with Crippen LogP contribution in [0.3, 0.4) is 0 Å². The number of carbonyl (C=O) groups excluding carboxylic acids is 1. The van der Waals surface area contributed by atoms with Gasteiger partial charge in [0.15, 0.2) is 11.5 Å². The molecule has 0 fully saturated rings. The molecule has 6 nitrogen and oxygen atoms in total. The summed E-state index contributed by atoms with van der Waals surface area (Å²) < 4.78 is 15.9. The molecular weight excluding hydrogens is 250 g/mol. The van der Waals surface area contributed by atoms with Crippen molar-refractivity contribution in [1.29, 1.82) is 0 Å². The molecule has 0 saturated carbocycles. The highest BCUT2D eigenvalue weighted by atomic mass is 16.5. The van der Waals surface area contributed by atoms with Crippen LogP contribution in [0.15, 0.2) is 12.1 Å². The van der Waals surface area contributed by atoms with Gasteiger partial charge in [0, 0.05) is 0 Å². The number of hydrogen-bond donors (Lipinski definition) is 2. The smallest absolute Gasteiger partial charge is 0.223 e. The van der Waals surface area contributed by atoms with Crippen LogP contribution in [0.1, 0.15) is 12.5 Å². The van der Waals surface area contributed by atoms with Crippen molar-refractivity contribution in [3.05, 3.63) is 17.7 Å². The van der Waals surface area contributed by atoms with Crippen molar-refractivity contribution in [3.8, 4) is 17.2 Å². The van der Waals surface area contributed by atoms with Crippen LogP contribution in [-0.4, -0.2) is 31.8 Å².